The third-order valence-electron chi connectivity index (χ3n) is 3.44. The van der Waals surface area contributed by atoms with Gasteiger partial charge in [-0.05, 0) is 45.0 Å². The van der Waals surface area contributed by atoms with E-state index in [1.165, 1.54) is 0 Å². The van der Waals surface area contributed by atoms with Crippen molar-refractivity contribution in [3.05, 3.63) is 29.8 Å². The van der Waals surface area contributed by atoms with Gasteiger partial charge in [-0.25, -0.2) is 4.79 Å². The number of rotatable bonds is 3. The lowest BCUT2D eigenvalue weighted by molar-refractivity contribution is -0.0530. The van der Waals surface area contributed by atoms with Crippen molar-refractivity contribution in [2.24, 2.45) is 0 Å². The number of ether oxygens (including phenoxy) is 1. The Morgan fingerprint density at radius 3 is 2.32 bits per heavy atom. The van der Waals surface area contributed by atoms with E-state index in [2.05, 4.69) is 10.6 Å². The number of carbonyl (C=O) groups excluding carboxylic acids is 2. The van der Waals surface area contributed by atoms with Crippen molar-refractivity contribution in [1.82, 2.24) is 10.2 Å². The first-order valence-electron chi connectivity index (χ1n) is 7.59. The fourth-order valence-electron chi connectivity index (χ4n) is 2.51. The summed E-state index contributed by atoms with van der Waals surface area (Å²) in [5.74, 6) is -0.115. The monoisotopic (exact) mass is 305 g/mol. The minimum atomic E-state index is -0.146. The standard InChI is InChI=1S/C16H23N3O3/c1-4-17-15(20)13-5-7-14(8-6-13)18-16(21)19-9-11(2)22-12(3)10-19/h5-8,11-12H,4,9-10H2,1-3H3,(H,17,20)(H,18,21). The number of anilines is 1. The largest absolute Gasteiger partial charge is 0.372 e. The predicted octanol–water partition coefficient (Wildman–Crippen LogP) is 2.08. The third kappa shape index (κ3) is 4.21. The van der Waals surface area contributed by atoms with Crippen LogP contribution in [0.15, 0.2) is 24.3 Å². The number of morpholine rings is 1. The Bertz CT molecular complexity index is 520. The Hall–Kier alpha value is -2.08. The van der Waals surface area contributed by atoms with Gasteiger partial charge >= 0.3 is 6.03 Å². The maximum Gasteiger partial charge on any atom is 0.322 e. The molecule has 1 fully saturated rings. The molecule has 6 nitrogen and oxygen atoms in total. The molecule has 0 radical (unpaired) electrons. The SMILES string of the molecule is CCNC(=O)c1ccc(NC(=O)N2CC(C)OC(C)C2)cc1. The smallest absolute Gasteiger partial charge is 0.322 e. The van der Waals surface area contributed by atoms with Crippen molar-refractivity contribution in [2.75, 3.05) is 25.0 Å². The number of nitrogens with one attached hydrogen (secondary N) is 2. The number of hydrogen-bond acceptors (Lipinski definition) is 3. The molecule has 0 spiro atoms. The average Bonchev–Trinajstić information content (AvgIpc) is 2.47. The molecule has 2 atom stereocenters. The van der Waals surface area contributed by atoms with Crippen LogP contribution in [0.1, 0.15) is 31.1 Å². The second-order valence-electron chi connectivity index (χ2n) is 5.53. The normalized spacial score (nSPS) is 21.3. The molecule has 1 heterocycles. The van der Waals surface area contributed by atoms with Crippen molar-refractivity contribution in [2.45, 2.75) is 33.0 Å². The summed E-state index contributed by atoms with van der Waals surface area (Å²) in [6.07, 6.45) is 0.0734. The maximum atomic E-state index is 12.3. The third-order valence-corrected chi connectivity index (χ3v) is 3.44. The van der Waals surface area contributed by atoms with E-state index in [-0.39, 0.29) is 24.1 Å². The van der Waals surface area contributed by atoms with E-state index >= 15 is 0 Å². The summed E-state index contributed by atoms with van der Waals surface area (Å²) in [6, 6.07) is 6.72. The zero-order valence-electron chi connectivity index (χ0n) is 13.3. The lowest BCUT2D eigenvalue weighted by Gasteiger charge is -2.35. The van der Waals surface area contributed by atoms with E-state index in [9.17, 15) is 9.59 Å². The number of urea groups is 1. The Kier molecular flexibility index (Phi) is 5.38. The maximum absolute atomic E-state index is 12.3. The average molecular weight is 305 g/mol. The molecule has 0 saturated carbocycles. The molecule has 0 aliphatic carbocycles. The van der Waals surface area contributed by atoms with Crippen LogP contribution in [0.5, 0.6) is 0 Å². The Morgan fingerprint density at radius 1 is 1.18 bits per heavy atom. The molecule has 1 aliphatic rings. The van der Waals surface area contributed by atoms with Gasteiger partial charge in [0, 0.05) is 30.9 Å². The van der Waals surface area contributed by atoms with Gasteiger partial charge in [0.05, 0.1) is 12.2 Å². The van der Waals surface area contributed by atoms with Gasteiger partial charge in [0.25, 0.3) is 5.91 Å². The number of benzene rings is 1. The van der Waals surface area contributed by atoms with Gasteiger partial charge in [-0.15, -0.1) is 0 Å². The minimum Gasteiger partial charge on any atom is -0.372 e. The molecule has 2 N–H and O–H groups in total. The first-order chi connectivity index (χ1) is 10.5. The molecule has 3 amide bonds. The summed E-state index contributed by atoms with van der Waals surface area (Å²) in [6.45, 7) is 7.52. The highest BCUT2D eigenvalue weighted by molar-refractivity contribution is 5.95. The molecule has 0 bridgehead atoms. The highest BCUT2D eigenvalue weighted by Gasteiger charge is 2.25. The minimum absolute atomic E-state index is 0.0367. The van der Waals surface area contributed by atoms with E-state index < -0.39 is 0 Å². The summed E-state index contributed by atoms with van der Waals surface area (Å²) < 4.78 is 5.62. The van der Waals surface area contributed by atoms with Crippen LogP contribution in [0.2, 0.25) is 0 Å². The van der Waals surface area contributed by atoms with Crippen LogP contribution in [0.25, 0.3) is 0 Å². The topological polar surface area (TPSA) is 70.7 Å². The van der Waals surface area contributed by atoms with E-state index in [1.54, 1.807) is 29.2 Å². The lowest BCUT2D eigenvalue weighted by atomic mass is 10.2. The zero-order chi connectivity index (χ0) is 16.1. The molecule has 1 saturated heterocycles. The Morgan fingerprint density at radius 2 is 1.77 bits per heavy atom. The fraction of sp³-hybridized carbons (Fsp3) is 0.500. The van der Waals surface area contributed by atoms with Crippen molar-refractivity contribution in [1.29, 1.82) is 0 Å². The van der Waals surface area contributed by atoms with Crippen LogP contribution in [0.4, 0.5) is 10.5 Å². The highest BCUT2D eigenvalue weighted by atomic mass is 16.5. The summed E-state index contributed by atoms with van der Waals surface area (Å²) >= 11 is 0. The summed E-state index contributed by atoms with van der Waals surface area (Å²) in [4.78, 5) is 25.7. The van der Waals surface area contributed by atoms with Crippen LogP contribution in [-0.2, 0) is 4.74 Å². The van der Waals surface area contributed by atoms with Crippen LogP contribution < -0.4 is 10.6 Å². The molecule has 1 aliphatic heterocycles. The van der Waals surface area contributed by atoms with Gasteiger partial charge < -0.3 is 20.3 Å². The van der Waals surface area contributed by atoms with E-state index in [0.717, 1.165) is 0 Å². The van der Waals surface area contributed by atoms with Crippen molar-refractivity contribution in [3.63, 3.8) is 0 Å². The lowest BCUT2D eigenvalue weighted by Crippen LogP contribution is -2.49. The first kappa shape index (κ1) is 16.3. The number of nitrogens with zero attached hydrogens (tertiary/aromatic N) is 1. The molecule has 120 valence electrons. The van der Waals surface area contributed by atoms with Gasteiger partial charge in [0.2, 0.25) is 0 Å². The summed E-state index contributed by atoms with van der Waals surface area (Å²) in [5, 5.41) is 5.59. The summed E-state index contributed by atoms with van der Waals surface area (Å²) in [5.41, 5.74) is 1.25. The van der Waals surface area contributed by atoms with Gasteiger partial charge in [0.1, 0.15) is 0 Å². The molecule has 2 rings (SSSR count). The van der Waals surface area contributed by atoms with Crippen molar-refractivity contribution >= 4 is 17.6 Å². The van der Waals surface area contributed by atoms with Gasteiger partial charge in [-0.3, -0.25) is 4.79 Å². The zero-order valence-corrected chi connectivity index (χ0v) is 13.3. The predicted molar refractivity (Wildman–Crippen MR) is 85.0 cm³/mol. The molecule has 6 heteroatoms. The molecule has 0 aromatic heterocycles. The second-order valence-corrected chi connectivity index (χ2v) is 5.53. The van der Waals surface area contributed by atoms with Gasteiger partial charge in [-0.1, -0.05) is 0 Å². The molecule has 1 aromatic rings. The highest BCUT2D eigenvalue weighted by Crippen LogP contribution is 2.14. The van der Waals surface area contributed by atoms with Crippen LogP contribution in [-0.4, -0.2) is 48.7 Å². The van der Waals surface area contributed by atoms with E-state index in [1.807, 2.05) is 20.8 Å². The Labute approximate surface area is 130 Å². The van der Waals surface area contributed by atoms with Gasteiger partial charge in [-0.2, -0.15) is 0 Å². The van der Waals surface area contributed by atoms with Crippen LogP contribution in [0.3, 0.4) is 0 Å². The van der Waals surface area contributed by atoms with E-state index in [4.69, 9.17) is 4.74 Å². The number of amides is 3. The van der Waals surface area contributed by atoms with Crippen LogP contribution in [0, 0.1) is 0 Å². The fourth-order valence-corrected chi connectivity index (χ4v) is 2.51. The van der Waals surface area contributed by atoms with Crippen molar-refractivity contribution in [3.8, 4) is 0 Å². The molecule has 2 unspecified atom stereocenters. The molecule has 1 aromatic carbocycles. The quantitative estimate of drug-likeness (QED) is 0.898. The number of carbonyl (C=O) groups is 2. The van der Waals surface area contributed by atoms with Crippen LogP contribution >= 0.6 is 0 Å². The number of hydrogen-bond donors (Lipinski definition) is 2. The first-order valence-corrected chi connectivity index (χ1v) is 7.59. The van der Waals surface area contributed by atoms with E-state index in [0.29, 0.717) is 30.9 Å². The van der Waals surface area contributed by atoms with Crippen molar-refractivity contribution < 1.29 is 14.3 Å². The van der Waals surface area contributed by atoms with Gasteiger partial charge in [0.15, 0.2) is 0 Å². The molecule has 22 heavy (non-hydrogen) atoms. The second kappa shape index (κ2) is 7.26. The summed E-state index contributed by atoms with van der Waals surface area (Å²) in [7, 11) is 0. The Balaban J connectivity index is 1.95. The molecular weight excluding hydrogens is 282 g/mol. The molecular formula is C16H23N3O3.